The third-order valence-electron chi connectivity index (χ3n) is 4.12. The summed E-state index contributed by atoms with van der Waals surface area (Å²) in [5.41, 5.74) is -1.62. The Labute approximate surface area is 92.8 Å². The summed E-state index contributed by atoms with van der Waals surface area (Å²) in [6.45, 7) is 3.71. The lowest BCUT2D eigenvalue weighted by atomic mass is 9.89. The number of ketones is 1. The number of halogens is 3. The van der Waals surface area contributed by atoms with E-state index in [1.54, 1.807) is 13.8 Å². The lowest BCUT2D eigenvalue weighted by molar-refractivity contribution is -0.207. The average Bonchev–Trinajstić information content (AvgIpc) is 2.94. The lowest BCUT2D eigenvalue weighted by Crippen LogP contribution is -2.58. The molecule has 2 nitrogen and oxygen atoms in total. The van der Waals surface area contributed by atoms with Crippen LogP contribution in [0.2, 0.25) is 0 Å². The van der Waals surface area contributed by atoms with E-state index in [2.05, 4.69) is 0 Å². The van der Waals surface area contributed by atoms with Crippen molar-refractivity contribution in [2.24, 2.45) is 5.92 Å². The van der Waals surface area contributed by atoms with Gasteiger partial charge < -0.3 is 0 Å². The molecule has 0 bridgehead atoms. The third-order valence-corrected chi connectivity index (χ3v) is 4.12. The molecule has 0 N–H and O–H groups in total. The maximum absolute atomic E-state index is 13.0. The van der Waals surface area contributed by atoms with Crippen molar-refractivity contribution < 1.29 is 18.0 Å². The van der Waals surface area contributed by atoms with Crippen LogP contribution in [-0.4, -0.2) is 35.0 Å². The Balaban J connectivity index is 2.20. The number of likely N-dealkylation sites (tertiary alicyclic amines) is 1. The van der Waals surface area contributed by atoms with Crippen molar-refractivity contribution in [3.05, 3.63) is 0 Å². The molecule has 2 unspecified atom stereocenters. The summed E-state index contributed by atoms with van der Waals surface area (Å²) in [5, 5.41) is 0. The number of hydrogen-bond donors (Lipinski definition) is 0. The zero-order chi connectivity index (χ0) is 12.1. The fraction of sp³-hybridized carbons (Fsp3) is 0.909. The van der Waals surface area contributed by atoms with Gasteiger partial charge in [-0.25, -0.2) is 0 Å². The van der Waals surface area contributed by atoms with Gasteiger partial charge in [0, 0.05) is 24.9 Å². The minimum atomic E-state index is -4.17. The molecule has 1 saturated carbocycles. The highest BCUT2D eigenvalue weighted by Gasteiger charge is 2.68. The van der Waals surface area contributed by atoms with Crippen LogP contribution in [-0.2, 0) is 4.79 Å². The third kappa shape index (κ3) is 1.56. The van der Waals surface area contributed by atoms with Crippen LogP contribution in [0.5, 0.6) is 0 Å². The van der Waals surface area contributed by atoms with Crippen molar-refractivity contribution in [2.45, 2.75) is 50.9 Å². The minimum Gasteiger partial charge on any atom is -0.299 e. The molecule has 0 spiro atoms. The van der Waals surface area contributed by atoms with Gasteiger partial charge in [0.1, 0.15) is 11.3 Å². The first-order chi connectivity index (χ1) is 7.29. The van der Waals surface area contributed by atoms with E-state index in [4.69, 9.17) is 0 Å². The smallest absolute Gasteiger partial charge is 0.299 e. The van der Waals surface area contributed by atoms with Gasteiger partial charge in [-0.15, -0.1) is 0 Å². The van der Waals surface area contributed by atoms with Gasteiger partial charge in [0.05, 0.1) is 0 Å². The molecule has 2 fully saturated rings. The number of Topliss-reactive ketones (excluding diaryl/α,β-unsaturated/α-hetero) is 1. The summed E-state index contributed by atoms with van der Waals surface area (Å²) < 4.78 is 38.9. The van der Waals surface area contributed by atoms with Crippen LogP contribution in [0, 0.1) is 5.92 Å². The molecule has 0 amide bonds. The van der Waals surface area contributed by atoms with Crippen LogP contribution in [0.25, 0.3) is 0 Å². The van der Waals surface area contributed by atoms with Gasteiger partial charge in [0.25, 0.3) is 0 Å². The monoisotopic (exact) mass is 235 g/mol. The molecule has 92 valence electrons. The summed E-state index contributed by atoms with van der Waals surface area (Å²) in [5.74, 6) is -0.199. The van der Waals surface area contributed by atoms with Crippen molar-refractivity contribution in [2.75, 3.05) is 6.54 Å². The summed E-state index contributed by atoms with van der Waals surface area (Å²) >= 11 is 0. The van der Waals surface area contributed by atoms with Gasteiger partial charge in [0.15, 0.2) is 0 Å². The molecule has 1 heterocycles. The van der Waals surface area contributed by atoms with Gasteiger partial charge in [-0.3, -0.25) is 9.69 Å². The van der Waals surface area contributed by atoms with Gasteiger partial charge in [-0.1, -0.05) is 6.92 Å². The molecular formula is C11H16F3NO. The highest BCUT2D eigenvalue weighted by molar-refractivity contribution is 5.82. The number of carbonyl (C=O) groups is 1. The highest BCUT2D eigenvalue weighted by atomic mass is 19.4. The van der Waals surface area contributed by atoms with Crippen LogP contribution < -0.4 is 0 Å². The second-order valence-corrected chi connectivity index (χ2v) is 4.97. The predicted molar refractivity (Wildman–Crippen MR) is 53.0 cm³/mol. The number of hydrogen-bond acceptors (Lipinski definition) is 2. The summed E-state index contributed by atoms with van der Waals surface area (Å²) in [4.78, 5) is 12.9. The molecule has 0 aromatic heterocycles. The molecule has 2 rings (SSSR count). The topological polar surface area (TPSA) is 20.3 Å². The van der Waals surface area contributed by atoms with Crippen LogP contribution in [0.1, 0.15) is 33.1 Å². The molecular weight excluding hydrogens is 219 g/mol. The van der Waals surface area contributed by atoms with Gasteiger partial charge in [-0.05, 0) is 19.8 Å². The van der Waals surface area contributed by atoms with Crippen LogP contribution >= 0.6 is 0 Å². The summed E-state index contributed by atoms with van der Waals surface area (Å²) in [6, 6.07) is -0.301. The molecule has 0 aromatic carbocycles. The maximum Gasteiger partial charge on any atom is 0.406 e. The Bertz CT molecular complexity index is 309. The first kappa shape index (κ1) is 11.9. The first-order valence-corrected chi connectivity index (χ1v) is 5.66. The zero-order valence-electron chi connectivity index (χ0n) is 9.47. The Morgan fingerprint density at radius 1 is 1.31 bits per heavy atom. The largest absolute Gasteiger partial charge is 0.406 e. The number of alkyl halides is 3. The van der Waals surface area contributed by atoms with Gasteiger partial charge in [0.2, 0.25) is 0 Å². The zero-order valence-corrected chi connectivity index (χ0v) is 9.47. The van der Waals surface area contributed by atoms with Crippen LogP contribution in [0.3, 0.4) is 0 Å². The van der Waals surface area contributed by atoms with Crippen molar-refractivity contribution in [1.82, 2.24) is 4.90 Å². The second-order valence-electron chi connectivity index (χ2n) is 4.97. The van der Waals surface area contributed by atoms with Crippen molar-refractivity contribution in [3.8, 4) is 0 Å². The van der Waals surface area contributed by atoms with E-state index in [0.717, 1.165) is 0 Å². The van der Waals surface area contributed by atoms with E-state index in [1.165, 1.54) is 4.90 Å². The van der Waals surface area contributed by atoms with E-state index in [9.17, 15) is 18.0 Å². The molecule has 0 aromatic rings. The van der Waals surface area contributed by atoms with Crippen LogP contribution in [0.4, 0.5) is 13.2 Å². The number of rotatable bonds is 1. The van der Waals surface area contributed by atoms with Crippen LogP contribution in [0.15, 0.2) is 0 Å². The van der Waals surface area contributed by atoms with Gasteiger partial charge >= 0.3 is 6.18 Å². The molecule has 1 aliphatic carbocycles. The molecule has 5 heteroatoms. The predicted octanol–water partition coefficient (Wildman–Crippen LogP) is 2.38. The molecule has 16 heavy (non-hydrogen) atoms. The Morgan fingerprint density at radius 2 is 1.88 bits per heavy atom. The van der Waals surface area contributed by atoms with E-state index in [1.807, 2.05) is 0 Å². The Hall–Kier alpha value is -0.580. The molecule has 2 atom stereocenters. The van der Waals surface area contributed by atoms with E-state index < -0.39 is 11.7 Å². The van der Waals surface area contributed by atoms with E-state index >= 15 is 0 Å². The second kappa shape index (κ2) is 3.45. The van der Waals surface area contributed by atoms with E-state index in [-0.39, 0.29) is 43.6 Å². The fourth-order valence-electron chi connectivity index (χ4n) is 2.66. The molecule has 1 saturated heterocycles. The Kier molecular flexibility index (Phi) is 2.57. The fourth-order valence-corrected chi connectivity index (χ4v) is 2.66. The molecule has 1 aliphatic heterocycles. The van der Waals surface area contributed by atoms with Crippen molar-refractivity contribution in [1.29, 1.82) is 0 Å². The van der Waals surface area contributed by atoms with Crippen molar-refractivity contribution >= 4 is 5.78 Å². The standard InChI is InChI=1S/C11H16F3NO/c1-7-8(2)15(6-3-9(7)16)10(4-5-10)11(12,13)14/h7-8H,3-6H2,1-2H3. The summed E-state index contributed by atoms with van der Waals surface area (Å²) in [6.07, 6.45) is -3.55. The Morgan fingerprint density at radius 3 is 2.31 bits per heavy atom. The minimum absolute atomic E-state index is 0.0849. The quantitative estimate of drug-likeness (QED) is 0.695. The first-order valence-electron chi connectivity index (χ1n) is 5.66. The normalized spacial score (nSPS) is 35.2. The van der Waals surface area contributed by atoms with Crippen molar-refractivity contribution in [3.63, 3.8) is 0 Å². The molecule has 0 radical (unpaired) electrons. The average molecular weight is 235 g/mol. The molecule has 2 aliphatic rings. The summed E-state index contributed by atoms with van der Waals surface area (Å²) in [7, 11) is 0. The number of nitrogens with zero attached hydrogens (tertiary/aromatic N) is 1. The van der Waals surface area contributed by atoms with Gasteiger partial charge in [-0.2, -0.15) is 13.2 Å². The number of carbonyl (C=O) groups excluding carboxylic acids is 1. The SMILES string of the molecule is CC1C(=O)CCN(C2(C(F)(F)F)CC2)C1C. The lowest BCUT2D eigenvalue weighted by Gasteiger charge is -2.43. The van der Waals surface area contributed by atoms with E-state index in [0.29, 0.717) is 0 Å². The maximum atomic E-state index is 13.0. The highest BCUT2D eigenvalue weighted by Crippen LogP contribution is 2.55. The number of piperidine rings is 1.